The maximum absolute atomic E-state index is 2.26. The lowest BCUT2D eigenvalue weighted by Gasteiger charge is -2.17. The number of hydrogen-bond donors (Lipinski definition) is 0. The van der Waals surface area contributed by atoms with E-state index in [9.17, 15) is 0 Å². The fourth-order valence-corrected chi connectivity index (χ4v) is 4.55. The van der Waals surface area contributed by atoms with Crippen LogP contribution in [-0.2, 0) is 0 Å². The second-order valence-corrected chi connectivity index (χ2v) is 6.00. The Labute approximate surface area is 101 Å². The quantitative estimate of drug-likeness (QED) is 0.734. The van der Waals surface area contributed by atoms with Gasteiger partial charge in [0, 0.05) is 4.24 Å². The number of thioether (sulfide) groups is 2. The highest BCUT2D eigenvalue weighted by Gasteiger charge is 2.12. The van der Waals surface area contributed by atoms with Crippen LogP contribution in [0, 0.1) is 0 Å². The summed E-state index contributed by atoms with van der Waals surface area (Å²) >= 11 is 4.07. The largest absolute Gasteiger partial charge is 0.119 e. The summed E-state index contributed by atoms with van der Waals surface area (Å²) in [4.78, 5) is 0. The van der Waals surface area contributed by atoms with Gasteiger partial charge in [-0.05, 0) is 35.5 Å². The molecule has 1 fully saturated rings. The highest BCUT2D eigenvalue weighted by atomic mass is 32.2. The average molecular weight is 236 g/mol. The Bertz CT molecular complexity index is 333. The minimum atomic E-state index is 1.14. The lowest BCUT2D eigenvalue weighted by molar-refractivity contribution is 1.12. The van der Waals surface area contributed by atoms with Crippen LogP contribution in [-0.4, -0.2) is 11.5 Å². The maximum atomic E-state index is 2.26. The molecule has 0 aromatic heterocycles. The second kappa shape index (κ2) is 5.66. The zero-order valence-electron chi connectivity index (χ0n) is 9.03. The van der Waals surface area contributed by atoms with Crippen LogP contribution in [0.5, 0.6) is 0 Å². The highest BCUT2D eigenvalue weighted by molar-refractivity contribution is 8.23. The molecular weight excluding hydrogens is 220 g/mol. The number of hydrogen-bond acceptors (Lipinski definition) is 2. The van der Waals surface area contributed by atoms with Gasteiger partial charge in [-0.3, -0.25) is 0 Å². The average Bonchev–Trinajstić information content (AvgIpc) is 2.33. The third kappa shape index (κ3) is 2.82. The van der Waals surface area contributed by atoms with Gasteiger partial charge in [0.05, 0.1) is 0 Å². The standard InChI is InChI=1S/C13H16S2/c1-2-12(11-7-4-3-5-8-11)13-14-9-6-10-15-13/h3-5,7-8H,2,6,9-10H2,1H3. The van der Waals surface area contributed by atoms with E-state index in [2.05, 4.69) is 37.3 Å². The van der Waals surface area contributed by atoms with E-state index >= 15 is 0 Å². The third-order valence-electron chi connectivity index (χ3n) is 2.48. The SMILES string of the molecule is CCC(=C1SCCCS1)c1ccccc1. The summed E-state index contributed by atoms with van der Waals surface area (Å²) in [6.45, 7) is 2.26. The van der Waals surface area contributed by atoms with Crippen LogP contribution in [0.15, 0.2) is 34.6 Å². The molecule has 0 nitrogen and oxygen atoms in total. The molecule has 0 saturated carbocycles. The van der Waals surface area contributed by atoms with Crippen LogP contribution >= 0.6 is 23.5 Å². The Morgan fingerprint density at radius 1 is 1.13 bits per heavy atom. The summed E-state index contributed by atoms with van der Waals surface area (Å²) in [5.74, 6) is 2.58. The Hall–Kier alpha value is -0.340. The van der Waals surface area contributed by atoms with Crippen LogP contribution in [0.3, 0.4) is 0 Å². The van der Waals surface area contributed by atoms with E-state index in [1.165, 1.54) is 29.1 Å². The molecule has 15 heavy (non-hydrogen) atoms. The molecule has 0 radical (unpaired) electrons. The molecule has 0 bridgehead atoms. The van der Waals surface area contributed by atoms with Gasteiger partial charge in [-0.1, -0.05) is 37.3 Å². The van der Waals surface area contributed by atoms with E-state index in [0.29, 0.717) is 0 Å². The van der Waals surface area contributed by atoms with Crippen molar-refractivity contribution in [1.29, 1.82) is 0 Å². The summed E-state index contributed by atoms with van der Waals surface area (Å²) in [5.41, 5.74) is 2.93. The fourth-order valence-electron chi connectivity index (χ4n) is 1.71. The zero-order chi connectivity index (χ0) is 10.5. The number of rotatable bonds is 2. The lowest BCUT2D eigenvalue weighted by atomic mass is 10.1. The minimum absolute atomic E-state index is 1.14. The van der Waals surface area contributed by atoms with E-state index in [0.717, 1.165) is 6.42 Å². The molecule has 1 aliphatic rings. The normalized spacial score (nSPS) is 16.5. The molecule has 0 aliphatic carbocycles. The van der Waals surface area contributed by atoms with Crippen molar-refractivity contribution in [3.05, 3.63) is 40.1 Å². The molecule has 0 spiro atoms. The van der Waals surface area contributed by atoms with Gasteiger partial charge in [-0.2, -0.15) is 0 Å². The van der Waals surface area contributed by atoms with Crippen molar-refractivity contribution >= 4 is 29.1 Å². The maximum Gasteiger partial charge on any atom is 0.0439 e. The molecule has 0 amide bonds. The van der Waals surface area contributed by atoms with E-state index in [1.54, 1.807) is 4.24 Å². The molecule has 0 N–H and O–H groups in total. The first-order chi connectivity index (χ1) is 7.42. The van der Waals surface area contributed by atoms with E-state index in [4.69, 9.17) is 0 Å². The van der Waals surface area contributed by atoms with Crippen molar-refractivity contribution in [3.63, 3.8) is 0 Å². The third-order valence-corrected chi connectivity index (χ3v) is 5.19. The molecule has 2 rings (SSSR count). The summed E-state index contributed by atoms with van der Waals surface area (Å²) in [6, 6.07) is 10.8. The molecule has 1 aromatic carbocycles. The van der Waals surface area contributed by atoms with Crippen LogP contribution < -0.4 is 0 Å². The molecule has 0 unspecified atom stereocenters. The van der Waals surface area contributed by atoms with Gasteiger partial charge in [0.1, 0.15) is 0 Å². The molecule has 80 valence electrons. The van der Waals surface area contributed by atoms with Gasteiger partial charge < -0.3 is 0 Å². The lowest BCUT2D eigenvalue weighted by Crippen LogP contribution is -1.95. The first kappa shape index (κ1) is 11.2. The van der Waals surface area contributed by atoms with Crippen molar-refractivity contribution in [2.75, 3.05) is 11.5 Å². The molecule has 1 aliphatic heterocycles. The fraction of sp³-hybridized carbons (Fsp3) is 0.385. The summed E-state index contributed by atoms with van der Waals surface area (Å²) in [7, 11) is 0. The summed E-state index contributed by atoms with van der Waals surface area (Å²) in [5, 5.41) is 0. The van der Waals surface area contributed by atoms with E-state index in [-0.39, 0.29) is 0 Å². The van der Waals surface area contributed by atoms with Crippen molar-refractivity contribution in [1.82, 2.24) is 0 Å². The number of benzene rings is 1. The Kier molecular flexibility index (Phi) is 4.21. The Morgan fingerprint density at radius 3 is 2.40 bits per heavy atom. The van der Waals surface area contributed by atoms with Crippen LogP contribution in [0.25, 0.3) is 5.57 Å². The topological polar surface area (TPSA) is 0 Å². The molecular formula is C13H16S2. The van der Waals surface area contributed by atoms with Crippen molar-refractivity contribution in [2.24, 2.45) is 0 Å². The zero-order valence-corrected chi connectivity index (χ0v) is 10.7. The van der Waals surface area contributed by atoms with E-state index < -0.39 is 0 Å². The first-order valence-corrected chi connectivity index (χ1v) is 7.43. The minimum Gasteiger partial charge on any atom is -0.119 e. The van der Waals surface area contributed by atoms with Crippen LogP contribution in [0.1, 0.15) is 25.3 Å². The Balaban J connectivity index is 2.30. The van der Waals surface area contributed by atoms with Gasteiger partial charge in [0.15, 0.2) is 0 Å². The van der Waals surface area contributed by atoms with Crippen molar-refractivity contribution in [3.8, 4) is 0 Å². The van der Waals surface area contributed by atoms with E-state index in [1.807, 2.05) is 23.5 Å². The van der Waals surface area contributed by atoms with Gasteiger partial charge in [-0.25, -0.2) is 0 Å². The van der Waals surface area contributed by atoms with Crippen molar-refractivity contribution in [2.45, 2.75) is 19.8 Å². The Morgan fingerprint density at radius 2 is 1.80 bits per heavy atom. The van der Waals surface area contributed by atoms with Gasteiger partial charge in [0.2, 0.25) is 0 Å². The highest BCUT2D eigenvalue weighted by Crippen LogP contribution is 2.41. The van der Waals surface area contributed by atoms with Crippen LogP contribution in [0.2, 0.25) is 0 Å². The molecule has 2 heteroatoms. The predicted molar refractivity (Wildman–Crippen MR) is 73.2 cm³/mol. The van der Waals surface area contributed by atoms with Gasteiger partial charge >= 0.3 is 0 Å². The predicted octanol–water partition coefficient (Wildman–Crippen LogP) is 4.64. The van der Waals surface area contributed by atoms with Crippen molar-refractivity contribution < 1.29 is 0 Å². The number of allylic oxidation sites excluding steroid dienone is 1. The van der Waals surface area contributed by atoms with Crippen LogP contribution in [0.4, 0.5) is 0 Å². The molecule has 1 heterocycles. The molecule has 1 aromatic rings. The smallest absolute Gasteiger partial charge is 0.0439 e. The molecule has 0 atom stereocenters. The molecule has 1 saturated heterocycles. The summed E-state index contributed by atoms with van der Waals surface area (Å²) < 4.78 is 1.55. The monoisotopic (exact) mass is 236 g/mol. The van der Waals surface area contributed by atoms with Gasteiger partial charge in [-0.15, -0.1) is 23.5 Å². The van der Waals surface area contributed by atoms with Gasteiger partial charge in [0.25, 0.3) is 0 Å². The first-order valence-electron chi connectivity index (χ1n) is 5.46. The summed E-state index contributed by atoms with van der Waals surface area (Å²) in [6.07, 6.45) is 2.49. The second-order valence-electron chi connectivity index (χ2n) is 3.54.